The van der Waals surface area contributed by atoms with Gasteiger partial charge in [-0.25, -0.2) is 8.78 Å². The highest BCUT2D eigenvalue weighted by Gasteiger charge is 2.55. The summed E-state index contributed by atoms with van der Waals surface area (Å²) in [6.45, 7) is 3.51. The molecule has 29 heavy (non-hydrogen) atoms. The van der Waals surface area contributed by atoms with Crippen molar-refractivity contribution in [3.05, 3.63) is 70.5 Å². The number of halogens is 5. The maximum absolute atomic E-state index is 14.6. The fourth-order valence-electron chi connectivity index (χ4n) is 5.18. The average molecular weight is 409 g/mol. The fraction of sp³-hybridized carbons (Fsp3) is 0.478. The number of rotatable bonds is 3. The monoisotopic (exact) mass is 409 g/mol. The lowest BCUT2D eigenvalue weighted by Gasteiger charge is -2.44. The SMILES string of the molecule is C[C@H]1CNC2CCc3cc(C(C)(F)C(F)(F)F)ccc3C21Cc1ccc(F)cc1. The van der Waals surface area contributed by atoms with Gasteiger partial charge in [0, 0.05) is 11.5 Å². The van der Waals surface area contributed by atoms with Crippen LogP contribution in [0.4, 0.5) is 22.0 Å². The van der Waals surface area contributed by atoms with E-state index in [1.807, 2.05) is 0 Å². The van der Waals surface area contributed by atoms with Crippen LogP contribution in [0.3, 0.4) is 0 Å². The molecule has 4 rings (SSSR count). The lowest BCUT2D eigenvalue weighted by molar-refractivity contribution is -0.228. The first-order valence-electron chi connectivity index (χ1n) is 9.93. The van der Waals surface area contributed by atoms with E-state index in [0.717, 1.165) is 29.7 Å². The van der Waals surface area contributed by atoms with Crippen molar-refractivity contribution in [3.63, 3.8) is 0 Å². The zero-order valence-corrected chi connectivity index (χ0v) is 16.4. The molecule has 156 valence electrons. The van der Waals surface area contributed by atoms with E-state index in [4.69, 9.17) is 0 Å². The van der Waals surface area contributed by atoms with E-state index in [1.165, 1.54) is 24.3 Å². The summed E-state index contributed by atoms with van der Waals surface area (Å²) in [4.78, 5) is 0. The van der Waals surface area contributed by atoms with Gasteiger partial charge in [-0.2, -0.15) is 13.2 Å². The van der Waals surface area contributed by atoms with Gasteiger partial charge in [0.2, 0.25) is 5.67 Å². The fourth-order valence-corrected chi connectivity index (χ4v) is 5.18. The molecular formula is C23H24F5N. The predicted octanol–water partition coefficient (Wildman–Crippen LogP) is 5.61. The third-order valence-electron chi connectivity index (χ3n) is 6.97. The van der Waals surface area contributed by atoms with Crippen molar-refractivity contribution >= 4 is 0 Å². The summed E-state index contributed by atoms with van der Waals surface area (Å²) in [7, 11) is 0. The Kier molecular flexibility index (Phi) is 4.76. The molecule has 3 unspecified atom stereocenters. The van der Waals surface area contributed by atoms with Gasteiger partial charge in [0.15, 0.2) is 0 Å². The van der Waals surface area contributed by atoms with E-state index in [9.17, 15) is 22.0 Å². The van der Waals surface area contributed by atoms with E-state index in [2.05, 4.69) is 12.2 Å². The standard InChI is InChI=1S/C23H24F5N/c1-14-13-29-20-10-5-16-11-17(21(2,25)23(26,27)28)6-9-19(16)22(14,20)12-15-3-7-18(24)8-4-15/h3-4,6-9,11,14,20,29H,5,10,12-13H2,1-2H3/t14-,20?,21?,22?/m0/s1. The highest BCUT2D eigenvalue weighted by Crippen LogP contribution is 2.50. The van der Waals surface area contributed by atoms with E-state index in [0.29, 0.717) is 19.8 Å². The lowest BCUT2D eigenvalue weighted by Crippen LogP contribution is -2.48. The molecule has 0 aromatic heterocycles. The van der Waals surface area contributed by atoms with Crippen LogP contribution in [0.2, 0.25) is 0 Å². The molecule has 1 aliphatic carbocycles. The van der Waals surface area contributed by atoms with Crippen LogP contribution in [0.25, 0.3) is 0 Å². The molecule has 1 fully saturated rings. The molecule has 0 spiro atoms. The van der Waals surface area contributed by atoms with Crippen molar-refractivity contribution in [1.29, 1.82) is 0 Å². The van der Waals surface area contributed by atoms with Gasteiger partial charge >= 0.3 is 6.18 Å². The third kappa shape index (κ3) is 3.16. The first-order valence-corrected chi connectivity index (χ1v) is 9.93. The van der Waals surface area contributed by atoms with E-state index in [1.54, 1.807) is 18.2 Å². The van der Waals surface area contributed by atoms with Crippen LogP contribution >= 0.6 is 0 Å². The predicted molar refractivity (Wildman–Crippen MR) is 102 cm³/mol. The number of hydrogen-bond acceptors (Lipinski definition) is 1. The van der Waals surface area contributed by atoms with Crippen LogP contribution in [0.5, 0.6) is 0 Å². The number of fused-ring (bicyclic) bond motifs is 3. The van der Waals surface area contributed by atoms with Crippen molar-refractivity contribution in [1.82, 2.24) is 5.32 Å². The second-order valence-corrected chi connectivity index (χ2v) is 8.62. The first-order chi connectivity index (χ1) is 13.6. The molecule has 1 heterocycles. The molecule has 1 saturated heterocycles. The molecule has 1 N–H and O–H groups in total. The zero-order valence-electron chi connectivity index (χ0n) is 16.4. The van der Waals surface area contributed by atoms with Crippen LogP contribution < -0.4 is 5.32 Å². The summed E-state index contributed by atoms with van der Waals surface area (Å²) in [6.07, 6.45) is -2.93. The van der Waals surface area contributed by atoms with E-state index in [-0.39, 0.29) is 28.8 Å². The Labute approximate surface area is 167 Å². The van der Waals surface area contributed by atoms with E-state index < -0.39 is 11.8 Å². The largest absolute Gasteiger partial charge is 0.426 e. The molecule has 2 aromatic rings. The lowest BCUT2D eigenvalue weighted by atomic mass is 9.60. The summed E-state index contributed by atoms with van der Waals surface area (Å²) in [6, 6.07) is 10.9. The summed E-state index contributed by atoms with van der Waals surface area (Å²) in [5.41, 5.74) is -1.30. The number of alkyl halides is 4. The first kappa shape index (κ1) is 20.3. The quantitative estimate of drug-likeness (QED) is 0.650. The van der Waals surface area contributed by atoms with Crippen molar-refractivity contribution in [3.8, 4) is 0 Å². The minimum absolute atomic E-state index is 0.181. The Morgan fingerprint density at radius 3 is 2.41 bits per heavy atom. The molecule has 1 aliphatic heterocycles. The molecule has 0 bridgehead atoms. The second-order valence-electron chi connectivity index (χ2n) is 8.62. The number of hydrogen-bond donors (Lipinski definition) is 1. The van der Waals surface area contributed by atoms with Gasteiger partial charge in [-0.05, 0) is 73.0 Å². The van der Waals surface area contributed by atoms with Crippen molar-refractivity contribution in [2.24, 2.45) is 5.92 Å². The Hall–Kier alpha value is -1.95. The Morgan fingerprint density at radius 1 is 1.07 bits per heavy atom. The van der Waals surface area contributed by atoms with Crippen molar-refractivity contribution < 1.29 is 22.0 Å². The van der Waals surface area contributed by atoms with Gasteiger partial charge in [0.05, 0.1) is 0 Å². The van der Waals surface area contributed by atoms with Crippen LogP contribution in [-0.4, -0.2) is 18.8 Å². The highest BCUT2D eigenvalue weighted by atomic mass is 19.4. The highest BCUT2D eigenvalue weighted by molar-refractivity contribution is 5.46. The van der Waals surface area contributed by atoms with Gasteiger partial charge in [-0.15, -0.1) is 0 Å². The maximum Gasteiger partial charge on any atom is 0.426 e. The summed E-state index contributed by atoms with van der Waals surface area (Å²) in [5, 5.41) is 3.56. The molecule has 2 aromatic carbocycles. The topological polar surface area (TPSA) is 12.0 Å². The Morgan fingerprint density at radius 2 is 1.76 bits per heavy atom. The number of nitrogens with one attached hydrogen (secondary N) is 1. The smallest absolute Gasteiger partial charge is 0.313 e. The van der Waals surface area contributed by atoms with Gasteiger partial charge in [0.1, 0.15) is 5.82 Å². The molecule has 2 aliphatic rings. The zero-order chi connectivity index (χ0) is 21.0. The van der Waals surface area contributed by atoms with Crippen LogP contribution in [-0.2, 0) is 23.9 Å². The van der Waals surface area contributed by atoms with Gasteiger partial charge in [0.25, 0.3) is 0 Å². The molecule has 1 nitrogen and oxygen atoms in total. The average Bonchev–Trinajstić information content (AvgIpc) is 2.99. The molecule has 6 heteroatoms. The minimum Gasteiger partial charge on any atom is -0.313 e. The third-order valence-corrected chi connectivity index (χ3v) is 6.97. The summed E-state index contributed by atoms with van der Waals surface area (Å²) >= 11 is 0. The number of aryl methyl sites for hydroxylation is 1. The second kappa shape index (κ2) is 6.79. The molecule has 4 atom stereocenters. The van der Waals surface area contributed by atoms with Gasteiger partial charge in [-0.1, -0.05) is 37.3 Å². The summed E-state index contributed by atoms with van der Waals surface area (Å²) in [5.74, 6) is -0.0645. The van der Waals surface area contributed by atoms with Crippen LogP contribution in [0.1, 0.15) is 42.5 Å². The Bertz CT molecular complexity index is 902. The minimum atomic E-state index is -4.97. The molecule has 0 radical (unpaired) electrons. The van der Waals surface area contributed by atoms with Crippen LogP contribution in [0, 0.1) is 11.7 Å². The normalized spacial score (nSPS) is 28.5. The molecule has 0 saturated carbocycles. The van der Waals surface area contributed by atoms with Crippen LogP contribution in [0.15, 0.2) is 42.5 Å². The van der Waals surface area contributed by atoms with Crippen molar-refractivity contribution in [2.45, 2.75) is 56.4 Å². The molecule has 0 amide bonds. The Balaban J connectivity index is 1.80. The van der Waals surface area contributed by atoms with Gasteiger partial charge < -0.3 is 5.32 Å². The summed E-state index contributed by atoms with van der Waals surface area (Å²) < 4.78 is 67.5. The van der Waals surface area contributed by atoms with Gasteiger partial charge in [-0.3, -0.25) is 0 Å². The molecular weight excluding hydrogens is 385 g/mol. The number of benzene rings is 2. The van der Waals surface area contributed by atoms with Crippen molar-refractivity contribution in [2.75, 3.05) is 6.54 Å². The maximum atomic E-state index is 14.6. The van der Waals surface area contributed by atoms with E-state index >= 15 is 0 Å².